The molecule has 2 aromatic rings. The van der Waals surface area contributed by atoms with E-state index in [1.165, 1.54) is 24.2 Å². The molecule has 0 amide bonds. The second-order valence-electron chi connectivity index (χ2n) is 9.11. The largest absolute Gasteiger partial charge is 0.539 e. The van der Waals surface area contributed by atoms with Crippen LogP contribution in [-0.4, -0.2) is 16.4 Å². The van der Waals surface area contributed by atoms with E-state index in [-0.39, 0.29) is 5.54 Å². The van der Waals surface area contributed by atoms with Gasteiger partial charge in [-0.25, -0.2) is 8.78 Å². The normalized spacial score (nSPS) is 13.9. The minimum atomic E-state index is -2.91. The van der Waals surface area contributed by atoms with Crippen molar-refractivity contribution >= 4 is 16.4 Å². The highest BCUT2D eigenvalue weighted by atomic mass is 28.4. The van der Waals surface area contributed by atoms with Crippen molar-refractivity contribution in [1.29, 1.82) is 0 Å². The van der Waals surface area contributed by atoms with Gasteiger partial charge in [0.2, 0.25) is 11.6 Å². The molecule has 2 aromatic carbocycles. The van der Waals surface area contributed by atoms with Gasteiger partial charge in [0.25, 0.3) is 8.32 Å². The summed E-state index contributed by atoms with van der Waals surface area (Å²) in [5.41, 5.74) is 0.986. The van der Waals surface area contributed by atoms with Gasteiger partial charge in [-0.05, 0) is 17.1 Å². The average molecular weight is 484 g/mol. The Bertz CT molecular complexity index is 837. The standard InChI is InChI=1S/C25H35F4OSi2/c1-6-31(7-2,8-3)15-12-16-32(19(4)5,18-20-13-10-9-11-14-20)30-25-23(28)21(26)17-22(27)24(25)29/h9-11,13-14,19H,6-8,12,15-16,18H2,1-5H3. The molecule has 0 aliphatic rings. The van der Waals surface area contributed by atoms with Crippen LogP contribution in [0.1, 0.15) is 46.6 Å². The maximum Gasteiger partial charge on any atom is 0.258 e. The summed E-state index contributed by atoms with van der Waals surface area (Å²) in [5, 5.41) is 0. The molecule has 0 heterocycles. The predicted octanol–water partition coefficient (Wildman–Crippen LogP) is 8.46. The fourth-order valence-electron chi connectivity index (χ4n) is 4.57. The first-order valence-corrected chi connectivity index (χ1v) is 16.8. The van der Waals surface area contributed by atoms with Crippen molar-refractivity contribution in [3.8, 4) is 5.75 Å². The zero-order chi connectivity index (χ0) is 23.9. The van der Waals surface area contributed by atoms with E-state index in [2.05, 4.69) is 20.8 Å². The molecule has 0 saturated heterocycles. The van der Waals surface area contributed by atoms with E-state index < -0.39 is 45.4 Å². The van der Waals surface area contributed by atoms with Crippen molar-refractivity contribution in [2.24, 2.45) is 0 Å². The SMILES string of the molecule is CC[Si](CC)(CC)CCC[Si](Cc1ccccc1)(Oc1c(F)c(F)[c]c(F)c1F)C(C)C. The van der Waals surface area contributed by atoms with Crippen LogP contribution in [-0.2, 0) is 6.04 Å². The van der Waals surface area contributed by atoms with Crippen molar-refractivity contribution in [3.63, 3.8) is 0 Å². The molecule has 0 N–H and O–H groups in total. The summed E-state index contributed by atoms with van der Waals surface area (Å²) in [5.74, 6) is -7.05. The van der Waals surface area contributed by atoms with E-state index in [0.717, 1.165) is 18.0 Å². The Morgan fingerprint density at radius 1 is 0.844 bits per heavy atom. The molecule has 0 spiro atoms. The Labute approximate surface area is 192 Å². The van der Waals surface area contributed by atoms with Gasteiger partial charge >= 0.3 is 0 Å². The van der Waals surface area contributed by atoms with Gasteiger partial charge in [-0.15, -0.1) is 0 Å². The van der Waals surface area contributed by atoms with Crippen molar-refractivity contribution in [2.45, 2.75) is 82.8 Å². The minimum Gasteiger partial charge on any atom is -0.539 e. The summed E-state index contributed by atoms with van der Waals surface area (Å²) in [6.07, 6.45) is 0.895. The Balaban J connectivity index is 2.46. The number of rotatable bonds is 12. The second-order valence-corrected chi connectivity index (χ2v) is 19.1. The topological polar surface area (TPSA) is 9.23 Å². The average Bonchev–Trinajstić information content (AvgIpc) is 2.79. The lowest BCUT2D eigenvalue weighted by atomic mass is 10.2. The summed E-state index contributed by atoms with van der Waals surface area (Å²) < 4.78 is 62.9. The van der Waals surface area contributed by atoms with Crippen LogP contribution in [0.3, 0.4) is 0 Å². The van der Waals surface area contributed by atoms with Gasteiger partial charge in [-0.1, -0.05) is 95.5 Å². The van der Waals surface area contributed by atoms with Gasteiger partial charge in [-0.3, -0.25) is 0 Å². The molecule has 1 radical (unpaired) electrons. The first kappa shape index (κ1) is 26.6. The first-order chi connectivity index (χ1) is 15.1. The van der Waals surface area contributed by atoms with Gasteiger partial charge in [-0.2, -0.15) is 8.78 Å². The highest BCUT2D eigenvalue weighted by molar-refractivity contribution is 6.80. The third-order valence-electron chi connectivity index (χ3n) is 7.26. The van der Waals surface area contributed by atoms with E-state index in [0.29, 0.717) is 12.1 Å². The molecule has 0 aromatic heterocycles. The Morgan fingerprint density at radius 3 is 1.84 bits per heavy atom. The first-order valence-electron chi connectivity index (χ1n) is 11.6. The highest BCUT2D eigenvalue weighted by Crippen LogP contribution is 2.38. The number of hydrogen-bond donors (Lipinski definition) is 0. The summed E-state index contributed by atoms with van der Waals surface area (Å²) in [6.45, 7) is 10.7. The highest BCUT2D eigenvalue weighted by Gasteiger charge is 2.43. The third kappa shape index (κ3) is 6.04. The van der Waals surface area contributed by atoms with E-state index in [4.69, 9.17) is 4.43 Å². The maximum absolute atomic E-state index is 14.5. The molecule has 0 bridgehead atoms. The van der Waals surface area contributed by atoms with Crippen LogP contribution in [0.25, 0.3) is 0 Å². The molecule has 0 aliphatic heterocycles. The lowest BCUT2D eigenvalue weighted by Crippen LogP contribution is -2.48. The molecule has 0 saturated carbocycles. The quantitative estimate of drug-likeness (QED) is 0.167. The number of hydrogen-bond acceptors (Lipinski definition) is 1. The monoisotopic (exact) mass is 483 g/mol. The van der Waals surface area contributed by atoms with Crippen LogP contribution in [0, 0.1) is 29.3 Å². The van der Waals surface area contributed by atoms with Crippen LogP contribution in [0.2, 0.25) is 35.8 Å². The Hall–Kier alpha value is -1.61. The lowest BCUT2D eigenvalue weighted by Gasteiger charge is -2.37. The molecular formula is C25H35F4OSi2. The Morgan fingerprint density at radius 2 is 1.38 bits per heavy atom. The van der Waals surface area contributed by atoms with Gasteiger partial charge in [0.1, 0.15) is 0 Å². The van der Waals surface area contributed by atoms with Gasteiger partial charge in [0.15, 0.2) is 17.4 Å². The van der Waals surface area contributed by atoms with Crippen molar-refractivity contribution in [3.05, 3.63) is 65.2 Å². The fourth-order valence-corrected chi connectivity index (χ4v) is 12.3. The third-order valence-corrected chi connectivity index (χ3v) is 18.1. The van der Waals surface area contributed by atoms with Crippen LogP contribution in [0.5, 0.6) is 5.75 Å². The molecule has 2 rings (SSSR count). The van der Waals surface area contributed by atoms with Crippen LogP contribution in [0.4, 0.5) is 17.6 Å². The molecule has 1 unspecified atom stereocenters. The molecule has 0 fully saturated rings. The maximum atomic E-state index is 14.5. The lowest BCUT2D eigenvalue weighted by molar-refractivity contribution is 0.379. The Kier molecular flexibility index (Phi) is 9.58. The van der Waals surface area contributed by atoms with Gasteiger partial charge in [0.05, 0.1) is 14.1 Å². The van der Waals surface area contributed by atoms with Crippen molar-refractivity contribution < 1.29 is 22.0 Å². The number of halogens is 4. The van der Waals surface area contributed by atoms with Crippen LogP contribution >= 0.6 is 0 Å². The molecule has 0 aliphatic carbocycles. The minimum absolute atomic E-state index is 0.0160. The summed E-state index contributed by atoms with van der Waals surface area (Å²) in [6, 6.07) is 17.0. The fraction of sp³-hybridized carbons (Fsp3) is 0.520. The van der Waals surface area contributed by atoms with Crippen LogP contribution in [0.15, 0.2) is 30.3 Å². The molecule has 32 heavy (non-hydrogen) atoms. The van der Waals surface area contributed by atoms with E-state index in [9.17, 15) is 17.6 Å². The molecule has 1 nitrogen and oxygen atoms in total. The summed E-state index contributed by atoms with van der Waals surface area (Å²) in [4.78, 5) is 0. The van der Waals surface area contributed by atoms with Crippen LogP contribution < -0.4 is 4.43 Å². The summed E-state index contributed by atoms with van der Waals surface area (Å²) in [7, 11) is -4.29. The zero-order valence-corrected chi connectivity index (χ0v) is 21.8. The van der Waals surface area contributed by atoms with Gasteiger partial charge in [0, 0.05) is 6.04 Å². The number of benzene rings is 2. The summed E-state index contributed by atoms with van der Waals surface area (Å²) >= 11 is 0. The second kappa shape index (κ2) is 11.5. The smallest absolute Gasteiger partial charge is 0.258 e. The van der Waals surface area contributed by atoms with Crippen molar-refractivity contribution in [2.75, 3.05) is 0 Å². The van der Waals surface area contributed by atoms with E-state index in [1.807, 2.05) is 44.2 Å². The van der Waals surface area contributed by atoms with Gasteiger partial charge < -0.3 is 4.43 Å². The molecule has 177 valence electrons. The zero-order valence-electron chi connectivity index (χ0n) is 19.8. The molecule has 1 atom stereocenters. The van der Waals surface area contributed by atoms with E-state index in [1.54, 1.807) is 0 Å². The van der Waals surface area contributed by atoms with E-state index >= 15 is 0 Å². The van der Waals surface area contributed by atoms with Crippen molar-refractivity contribution in [1.82, 2.24) is 0 Å². The molecular weight excluding hydrogens is 448 g/mol. The predicted molar refractivity (Wildman–Crippen MR) is 128 cm³/mol. The molecule has 7 heteroatoms.